The second-order valence-electron chi connectivity index (χ2n) is 5.35. The lowest BCUT2D eigenvalue weighted by atomic mass is 9.95. The molecule has 3 rings (SSSR count). The average molecular weight is 294 g/mol. The zero-order chi connectivity index (χ0) is 15.6. The third-order valence-corrected chi connectivity index (χ3v) is 3.70. The minimum Gasteiger partial charge on any atom is -0.489 e. The Labute approximate surface area is 129 Å². The molecule has 0 radical (unpaired) electrons. The summed E-state index contributed by atoms with van der Waals surface area (Å²) in [6.45, 7) is 6.01. The van der Waals surface area contributed by atoms with Crippen molar-refractivity contribution in [2.24, 2.45) is 0 Å². The molecular weight excluding hydrogens is 276 g/mol. The van der Waals surface area contributed by atoms with Gasteiger partial charge < -0.3 is 15.4 Å². The molecule has 0 bridgehead atoms. The maximum absolute atomic E-state index is 12.4. The van der Waals surface area contributed by atoms with E-state index in [0.717, 1.165) is 17.0 Å². The molecule has 4 nitrogen and oxygen atoms in total. The summed E-state index contributed by atoms with van der Waals surface area (Å²) in [5, 5.41) is 6.43. The predicted molar refractivity (Wildman–Crippen MR) is 87.0 cm³/mol. The number of nitrogens with one attached hydrogen (secondary N) is 2. The van der Waals surface area contributed by atoms with Gasteiger partial charge in [-0.25, -0.2) is 0 Å². The molecule has 1 heterocycles. The molecule has 112 valence electrons. The molecule has 2 aromatic rings. The Morgan fingerprint density at radius 2 is 1.86 bits per heavy atom. The molecule has 0 saturated carbocycles. The van der Waals surface area contributed by atoms with Crippen molar-refractivity contribution in [3.05, 3.63) is 72.3 Å². The van der Waals surface area contributed by atoms with Gasteiger partial charge in [-0.05, 0) is 25.1 Å². The number of ether oxygens (including phenoxy) is 1. The standard InChI is InChI=1S/C18H18N2O2/c1-3-12-22-16-11-7-5-9-14(16)18(2)19-15-10-6-4-8-13(15)17(21)20-18/h3-11,19H,1,12H2,2H3,(H,20,21). The van der Waals surface area contributed by atoms with Crippen LogP contribution in [-0.4, -0.2) is 12.5 Å². The lowest BCUT2D eigenvalue weighted by Gasteiger charge is -2.38. The van der Waals surface area contributed by atoms with Crippen molar-refractivity contribution >= 4 is 11.6 Å². The van der Waals surface area contributed by atoms with E-state index in [1.807, 2.05) is 49.4 Å². The first-order valence-electron chi connectivity index (χ1n) is 7.17. The van der Waals surface area contributed by atoms with Crippen LogP contribution in [0.2, 0.25) is 0 Å². The van der Waals surface area contributed by atoms with Crippen molar-refractivity contribution in [1.29, 1.82) is 0 Å². The molecule has 4 heteroatoms. The number of benzene rings is 2. The van der Waals surface area contributed by atoms with Crippen LogP contribution < -0.4 is 15.4 Å². The van der Waals surface area contributed by atoms with Crippen LogP contribution in [0.4, 0.5) is 5.69 Å². The fraction of sp³-hybridized carbons (Fsp3) is 0.167. The van der Waals surface area contributed by atoms with Crippen molar-refractivity contribution in [3.8, 4) is 5.75 Å². The number of hydrogen-bond acceptors (Lipinski definition) is 3. The molecule has 1 amide bonds. The largest absolute Gasteiger partial charge is 0.489 e. The zero-order valence-corrected chi connectivity index (χ0v) is 12.4. The van der Waals surface area contributed by atoms with Gasteiger partial charge in [-0.2, -0.15) is 0 Å². The van der Waals surface area contributed by atoms with Gasteiger partial charge in [0, 0.05) is 11.3 Å². The number of anilines is 1. The summed E-state index contributed by atoms with van der Waals surface area (Å²) in [5.74, 6) is 0.618. The molecule has 22 heavy (non-hydrogen) atoms. The summed E-state index contributed by atoms with van der Waals surface area (Å²) >= 11 is 0. The number of carbonyl (C=O) groups is 1. The highest BCUT2D eigenvalue weighted by molar-refractivity contribution is 6.02. The molecule has 1 aliphatic heterocycles. The summed E-state index contributed by atoms with van der Waals surface area (Å²) in [6.07, 6.45) is 1.70. The van der Waals surface area contributed by atoms with Crippen LogP contribution in [0.1, 0.15) is 22.8 Å². The predicted octanol–water partition coefficient (Wildman–Crippen LogP) is 3.28. The first kappa shape index (κ1) is 14.2. The molecular formula is C18H18N2O2. The first-order valence-corrected chi connectivity index (χ1v) is 7.17. The highest BCUT2D eigenvalue weighted by Gasteiger charge is 2.36. The lowest BCUT2D eigenvalue weighted by Crippen LogP contribution is -2.53. The maximum atomic E-state index is 12.4. The number of para-hydroxylation sites is 2. The van der Waals surface area contributed by atoms with Gasteiger partial charge in [-0.15, -0.1) is 0 Å². The number of carbonyl (C=O) groups excluding carboxylic acids is 1. The topological polar surface area (TPSA) is 50.4 Å². The molecule has 0 aliphatic carbocycles. The van der Waals surface area contributed by atoms with Crippen molar-refractivity contribution in [1.82, 2.24) is 5.32 Å². The van der Waals surface area contributed by atoms with E-state index in [1.165, 1.54) is 0 Å². The van der Waals surface area contributed by atoms with Gasteiger partial charge in [-0.1, -0.05) is 43.0 Å². The quantitative estimate of drug-likeness (QED) is 0.851. The van der Waals surface area contributed by atoms with Crippen LogP contribution in [0.15, 0.2) is 61.2 Å². The van der Waals surface area contributed by atoms with Gasteiger partial charge in [0.2, 0.25) is 0 Å². The van der Waals surface area contributed by atoms with Crippen LogP contribution in [-0.2, 0) is 5.66 Å². The van der Waals surface area contributed by atoms with E-state index in [-0.39, 0.29) is 5.91 Å². The number of rotatable bonds is 4. The van der Waals surface area contributed by atoms with Crippen molar-refractivity contribution in [2.45, 2.75) is 12.6 Å². The number of hydrogen-bond donors (Lipinski definition) is 2. The molecule has 1 atom stereocenters. The molecule has 1 unspecified atom stereocenters. The van der Waals surface area contributed by atoms with Gasteiger partial charge >= 0.3 is 0 Å². The minimum absolute atomic E-state index is 0.102. The summed E-state index contributed by atoms with van der Waals surface area (Å²) in [4.78, 5) is 12.4. The Kier molecular flexibility index (Phi) is 3.59. The smallest absolute Gasteiger partial charge is 0.255 e. The molecule has 0 spiro atoms. The van der Waals surface area contributed by atoms with Crippen LogP contribution in [0.25, 0.3) is 0 Å². The summed E-state index contributed by atoms with van der Waals surface area (Å²) in [6, 6.07) is 15.1. The van der Waals surface area contributed by atoms with Gasteiger partial charge in [-0.3, -0.25) is 4.79 Å². The number of fused-ring (bicyclic) bond motifs is 1. The van der Waals surface area contributed by atoms with Crippen LogP contribution >= 0.6 is 0 Å². The van der Waals surface area contributed by atoms with Gasteiger partial charge in [0.05, 0.1) is 5.56 Å². The highest BCUT2D eigenvalue weighted by Crippen LogP contribution is 2.35. The van der Waals surface area contributed by atoms with Gasteiger partial charge in [0.25, 0.3) is 5.91 Å². The summed E-state index contributed by atoms with van der Waals surface area (Å²) in [5.41, 5.74) is 1.60. The molecule has 2 aromatic carbocycles. The minimum atomic E-state index is -0.733. The average Bonchev–Trinajstić information content (AvgIpc) is 2.53. The monoisotopic (exact) mass is 294 g/mol. The fourth-order valence-corrected chi connectivity index (χ4v) is 2.67. The summed E-state index contributed by atoms with van der Waals surface area (Å²) < 4.78 is 5.72. The van der Waals surface area contributed by atoms with E-state index in [1.54, 1.807) is 12.1 Å². The van der Waals surface area contributed by atoms with Crippen molar-refractivity contribution in [2.75, 3.05) is 11.9 Å². The third-order valence-electron chi connectivity index (χ3n) is 3.70. The van der Waals surface area contributed by atoms with E-state index in [4.69, 9.17) is 4.74 Å². The Morgan fingerprint density at radius 1 is 1.14 bits per heavy atom. The Balaban J connectivity index is 2.02. The van der Waals surface area contributed by atoms with E-state index in [2.05, 4.69) is 17.2 Å². The Hall–Kier alpha value is -2.75. The van der Waals surface area contributed by atoms with E-state index < -0.39 is 5.66 Å². The van der Waals surface area contributed by atoms with Crippen LogP contribution in [0, 0.1) is 0 Å². The maximum Gasteiger partial charge on any atom is 0.255 e. The Morgan fingerprint density at radius 3 is 2.68 bits per heavy atom. The fourth-order valence-electron chi connectivity index (χ4n) is 2.67. The van der Waals surface area contributed by atoms with Crippen molar-refractivity contribution in [3.63, 3.8) is 0 Å². The zero-order valence-electron chi connectivity index (χ0n) is 12.4. The van der Waals surface area contributed by atoms with Crippen LogP contribution in [0.5, 0.6) is 5.75 Å². The highest BCUT2D eigenvalue weighted by atomic mass is 16.5. The first-order chi connectivity index (χ1) is 10.6. The Bertz CT molecular complexity index is 727. The van der Waals surface area contributed by atoms with E-state index in [0.29, 0.717) is 12.2 Å². The SMILES string of the molecule is C=CCOc1ccccc1C1(C)NC(=O)c2ccccc2N1. The normalized spacial score (nSPS) is 19.6. The van der Waals surface area contributed by atoms with E-state index in [9.17, 15) is 4.79 Å². The molecule has 0 saturated heterocycles. The van der Waals surface area contributed by atoms with Crippen molar-refractivity contribution < 1.29 is 9.53 Å². The lowest BCUT2D eigenvalue weighted by molar-refractivity contribution is 0.0905. The van der Waals surface area contributed by atoms with Gasteiger partial charge in [0.1, 0.15) is 18.0 Å². The second-order valence-corrected chi connectivity index (χ2v) is 5.35. The van der Waals surface area contributed by atoms with Crippen LogP contribution in [0.3, 0.4) is 0 Å². The summed E-state index contributed by atoms with van der Waals surface area (Å²) in [7, 11) is 0. The number of amides is 1. The molecule has 2 N–H and O–H groups in total. The molecule has 0 fully saturated rings. The second kappa shape index (κ2) is 5.56. The van der Waals surface area contributed by atoms with E-state index >= 15 is 0 Å². The van der Waals surface area contributed by atoms with Gasteiger partial charge in [0.15, 0.2) is 0 Å². The molecule has 0 aromatic heterocycles. The third kappa shape index (κ3) is 2.44. The molecule has 1 aliphatic rings.